The molecule has 1 rings (SSSR count). The number of allylic oxidation sites excluding steroid dienone is 12. The number of epoxide rings is 1. The van der Waals surface area contributed by atoms with E-state index in [1.807, 2.05) is 33.3 Å². The molecule has 3 unspecified atom stereocenters. The molecule has 61 heavy (non-hydrogen) atoms. The Labute approximate surface area is 371 Å². The third-order valence-electron chi connectivity index (χ3n) is 9.83. The molecule has 1 N–H and O–H groups in total. The van der Waals surface area contributed by atoms with Crippen molar-refractivity contribution >= 4 is 19.8 Å². The first kappa shape index (κ1) is 56.2. The molecule has 1 aliphatic heterocycles. The molecule has 11 heteroatoms. The molecule has 348 valence electrons. The van der Waals surface area contributed by atoms with Crippen LogP contribution in [0.4, 0.5) is 0 Å². The topological polar surface area (TPSA) is 121 Å². The van der Waals surface area contributed by atoms with Crippen molar-refractivity contribution in [1.29, 1.82) is 0 Å². The highest BCUT2D eigenvalue weighted by Gasteiger charge is 2.36. The molecule has 0 aromatic rings. The Morgan fingerprint density at radius 1 is 0.607 bits per heavy atom. The summed E-state index contributed by atoms with van der Waals surface area (Å²) in [6, 6.07) is 0. The molecule has 4 atom stereocenters. The van der Waals surface area contributed by atoms with Crippen LogP contribution in [0.25, 0.3) is 0 Å². The maximum absolute atomic E-state index is 12.7. The van der Waals surface area contributed by atoms with E-state index in [1.54, 1.807) is 0 Å². The molecule has 0 spiro atoms. The zero-order valence-corrected chi connectivity index (χ0v) is 39.7. The molecule has 0 bridgehead atoms. The van der Waals surface area contributed by atoms with Crippen LogP contribution in [0, 0.1) is 0 Å². The average Bonchev–Trinajstić information content (AvgIpc) is 3.97. The summed E-state index contributed by atoms with van der Waals surface area (Å²) in [6.45, 7) is 4.16. The molecular formula is C50H85NO9P+. The molecule has 0 aromatic heterocycles. The molecule has 10 nitrogen and oxygen atoms in total. The molecule has 1 aliphatic rings. The van der Waals surface area contributed by atoms with Gasteiger partial charge in [-0.15, -0.1) is 0 Å². The Hall–Kier alpha value is -2.85. The van der Waals surface area contributed by atoms with Gasteiger partial charge in [0.25, 0.3) is 0 Å². The maximum atomic E-state index is 12.7. The second-order valence-corrected chi connectivity index (χ2v) is 18.2. The van der Waals surface area contributed by atoms with Gasteiger partial charge >= 0.3 is 19.8 Å². The van der Waals surface area contributed by atoms with E-state index in [-0.39, 0.29) is 26.1 Å². The number of nitrogens with zero attached hydrogens (tertiary/aromatic N) is 1. The van der Waals surface area contributed by atoms with Crippen LogP contribution < -0.4 is 0 Å². The molecule has 0 saturated carbocycles. The number of carbonyl (C=O) groups is 2. The van der Waals surface area contributed by atoms with Gasteiger partial charge in [-0.3, -0.25) is 18.6 Å². The van der Waals surface area contributed by atoms with Crippen LogP contribution in [-0.2, 0) is 37.4 Å². The standard InChI is InChI=1S/C50H84NO9P/c1-6-8-10-11-12-13-14-15-16-17-18-19-23-26-29-32-36-40-49(52)56-44-46(45-58-61(54,55)57-43-42-51(3,4)5)59-50(53)41-37-33-30-27-24-21-20-22-25-28-31-35-39-48-47(60-48)38-34-9-7-2/h9,12-13,15-16,21-22,24-25,30-31,33-35,46-48H,6-8,10-11,14,17-20,23,26-29,32,36-45H2,1-5H3/p+1/b13-12-,16-15-,24-21-,25-22-,33-30-,34-9-,35-31-/t46-,47?,48?/m1/s1. The van der Waals surface area contributed by atoms with E-state index in [1.165, 1.54) is 44.9 Å². The van der Waals surface area contributed by atoms with E-state index in [4.69, 9.17) is 23.3 Å². The van der Waals surface area contributed by atoms with E-state index >= 15 is 0 Å². The van der Waals surface area contributed by atoms with Crippen LogP contribution in [-0.4, -0.2) is 87.1 Å². The van der Waals surface area contributed by atoms with Crippen LogP contribution in [0.1, 0.15) is 155 Å². The Balaban J connectivity index is 2.32. The van der Waals surface area contributed by atoms with Gasteiger partial charge in [0, 0.05) is 12.8 Å². The van der Waals surface area contributed by atoms with Crippen molar-refractivity contribution in [2.24, 2.45) is 0 Å². The van der Waals surface area contributed by atoms with Gasteiger partial charge in [-0.2, -0.15) is 0 Å². The number of hydrogen-bond acceptors (Lipinski definition) is 8. The van der Waals surface area contributed by atoms with Gasteiger partial charge in [-0.1, -0.05) is 144 Å². The van der Waals surface area contributed by atoms with Crippen molar-refractivity contribution in [3.8, 4) is 0 Å². The molecule has 0 amide bonds. The number of hydrogen-bond donors (Lipinski definition) is 1. The second kappa shape index (κ2) is 37.7. The van der Waals surface area contributed by atoms with Crippen molar-refractivity contribution in [2.75, 3.05) is 47.5 Å². The summed E-state index contributed by atoms with van der Waals surface area (Å²) in [5.41, 5.74) is 0. The monoisotopic (exact) mass is 875 g/mol. The van der Waals surface area contributed by atoms with Crippen molar-refractivity contribution in [1.82, 2.24) is 0 Å². The second-order valence-electron chi connectivity index (χ2n) is 16.8. The normalized spacial score (nSPS) is 17.6. The van der Waals surface area contributed by atoms with E-state index in [2.05, 4.69) is 86.8 Å². The number of likely N-dealkylation sites (N-methyl/N-ethyl adjacent to an activating group) is 1. The van der Waals surface area contributed by atoms with Crippen molar-refractivity contribution in [3.05, 3.63) is 85.1 Å². The highest BCUT2D eigenvalue weighted by atomic mass is 31.2. The van der Waals surface area contributed by atoms with Gasteiger partial charge in [-0.25, -0.2) is 4.57 Å². The molecule has 0 aliphatic carbocycles. The lowest BCUT2D eigenvalue weighted by atomic mass is 10.1. The summed E-state index contributed by atoms with van der Waals surface area (Å²) in [6.07, 6.45) is 51.1. The fraction of sp³-hybridized carbons (Fsp3) is 0.680. The van der Waals surface area contributed by atoms with Crippen LogP contribution in [0.15, 0.2) is 85.1 Å². The number of quaternary nitrogens is 1. The Morgan fingerprint density at radius 2 is 1.11 bits per heavy atom. The Morgan fingerprint density at radius 3 is 1.69 bits per heavy atom. The number of esters is 2. The minimum Gasteiger partial charge on any atom is -0.462 e. The van der Waals surface area contributed by atoms with Gasteiger partial charge in [0.2, 0.25) is 0 Å². The molecule has 0 radical (unpaired) electrons. The number of phosphoric ester groups is 1. The SMILES string of the molecule is CC/C=C\CC1OC1C/C=C\C/C=C\C/C=C\C/C=C\CCC(=O)O[C@H](COC(=O)CCCCCCCCC/C=C\C/C=C\CCCCC)COP(=O)(O)OCC[N+](C)(C)C. The number of phosphoric acid groups is 1. The van der Waals surface area contributed by atoms with E-state index in [0.717, 1.165) is 70.6 Å². The van der Waals surface area contributed by atoms with Gasteiger partial charge < -0.3 is 23.6 Å². The number of unbranched alkanes of at least 4 members (excludes halogenated alkanes) is 10. The first-order valence-corrected chi connectivity index (χ1v) is 24.9. The van der Waals surface area contributed by atoms with Crippen molar-refractivity contribution in [3.63, 3.8) is 0 Å². The van der Waals surface area contributed by atoms with E-state index in [9.17, 15) is 19.0 Å². The number of carbonyl (C=O) groups excluding carboxylic acids is 2. The zero-order valence-electron chi connectivity index (χ0n) is 38.8. The van der Waals surface area contributed by atoms with Gasteiger partial charge in [-0.05, 0) is 83.5 Å². The number of rotatable bonds is 40. The zero-order chi connectivity index (χ0) is 44.7. The summed E-state index contributed by atoms with van der Waals surface area (Å²) in [7, 11) is 1.41. The lowest BCUT2D eigenvalue weighted by Crippen LogP contribution is -2.37. The van der Waals surface area contributed by atoms with Crippen LogP contribution >= 0.6 is 7.82 Å². The summed E-state index contributed by atoms with van der Waals surface area (Å²) < 4.78 is 39.9. The summed E-state index contributed by atoms with van der Waals surface area (Å²) in [4.78, 5) is 35.4. The number of ether oxygens (including phenoxy) is 3. The predicted molar refractivity (Wildman–Crippen MR) is 251 cm³/mol. The predicted octanol–water partition coefficient (Wildman–Crippen LogP) is 12.6. The first-order chi connectivity index (χ1) is 29.5. The molecule has 1 fully saturated rings. The van der Waals surface area contributed by atoms with Gasteiger partial charge in [0.1, 0.15) is 19.8 Å². The maximum Gasteiger partial charge on any atom is 0.472 e. The van der Waals surface area contributed by atoms with Crippen LogP contribution in [0.3, 0.4) is 0 Å². The van der Waals surface area contributed by atoms with Crippen LogP contribution in [0.2, 0.25) is 0 Å². The summed E-state index contributed by atoms with van der Waals surface area (Å²) in [5, 5.41) is 0. The third-order valence-corrected chi connectivity index (χ3v) is 10.8. The Kier molecular flexibility index (Phi) is 34.7. The summed E-state index contributed by atoms with van der Waals surface area (Å²) in [5.74, 6) is -0.917. The first-order valence-electron chi connectivity index (χ1n) is 23.4. The highest BCUT2D eigenvalue weighted by Crippen LogP contribution is 2.43. The minimum absolute atomic E-state index is 0.0102. The molecule has 1 heterocycles. The summed E-state index contributed by atoms with van der Waals surface area (Å²) >= 11 is 0. The Bertz CT molecular complexity index is 1380. The highest BCUT2D eigenvalue weighted by molar-refractivity contribution is 7.47. The van der Waals surface area contributed by atoms with Crippen molar-refractivity contribution in [2.45, 2.75) is 173 Å². The smallest absolute Gasteiger partial charge is 0.462 e. The fourth-order valence-electron chi connectivity index (χ4n) is 6.05. The molecule has 0 aromatic carbocycles. The molecule has 1 saturated heterocycles. The fourth-order valence-corrected chi connectivity index (χ4v) is 6.79. The lowest BCUT2D eigenvalue weighted by Gasteiger charge is -2.24. The van der Waals surface area contributed by atoms with Gasteiger partial charge in [0.05, 0.1) is 40.0 Å². The van der Waals surface area contributed by atoms with Crippen LogP contribution in [0.5, 0.6) is 0 Å². The minimum atomic E-state index is -4.41. The van der Waals surface area contributed by atoms with E-state index < -0.39 is 32.5 Å². The van der Waals surface area contributed by atoms with E-state index in [0.29, 0.717) is 36.1 Å². The lowest BCUT2D eigenvalue weighted by molar-refractivity contribution is -0.870. The van der Waals surface area contributed by atoms with Gasteiger partial charge in [0.15, 0.2) is 6.10 Å². The quantitative estimate of drug-likeness (QED) is 0.0160. The largest absolute Gasteiger partial charge is 0.472 e. The molecular weight excluding hydrogens is 790 g/mol. The average molecular weight is 875 g/mol. The van der Waals surface area contributed by atoms with Crippen molar-refractivity contribution < 1.29 is 46.8 Å². The third kappa shape index (κ3) is 38.5.